The normalized spacial score (nSPS) is 10.1. The molecular formula is C14H10N6O. The summed E-state index contributed by atoms with van der Waals surface area (Å²) >= 11 is 0. The summed E-state index contributed by atoms with van der Waals surface area (Å²) in [4.78, 5) is 5.43. The lowest BCUT2D eigenvalue weighted by molar-refractivity contribution is 0.415. The van der Waals surface area contributed by atoms with Crippen LogP contribution in [-0.2, 0) is 0 Å². The minimum atomic E-state index is 0.472. The van der Waals surface area contributed by atoms with Gasteiger partial charge in [0.25, 0.3) is 0 Å². The maximum atomic E-state index is 8.75. The highest BCUT2D eigenvalue weighted by molar-refractivity contribution is 5.56. The fourth-order valence-corrected chi connectivity index (χ4v) is 1.76. The Morgan fingerprint density at radius 2 is 2.14 bits per heavy atom. The number of methoxy groups -OCH3 is 1. The van der Waals surface area contributed by atoms with Crippen molar-refractivity contribution in [2.75, 3.05) is 7.11 Å². The Balaban J connectivity index is 1.93. The molecule has 1 aromatic carbocycles. The number of benzene rings is 1. The third-order valence-electron chi connectivity index (χ3n) is 2.82. The summed E-state index contributed by atoms with van der Waals surface area (Å²) in [5.74, 6) is 1.69. The van der Waals surface area contributed by atoms with E-state index in [0.717, 1.165) is 11.3 Å². The SMILES string of the molecule is COc1cccc(-c2nnn(-c3ccc(C#N)cn3)n2)c1. The molecule has 0 unspecified atom stereocenters. The third kappa shape index (κ3) is 2.55. The molecule has 7 heteroatoms. The molecule has 0 amide bonds. The van der Waals surface area contributed by atoms with Crippen molar-refractivity contribution in [2.24, 2.45) is 0 Å². The number of rotatable bonds is 3. The maximum absolute atomic E-state index is 8.75. The summed E-state index contributed by atoms with van der Waals surface area (Å²) in [6.45, 7) is 0. The summed E-state index contributed by atoms with van der Waals surface area (Å²) in [5.41, 5.74) is 1.28. The van der Waals surface area contributed by atoms with Crippen LogP contribution < -0.4 is 4.74 Å². The number of nitriles is 1. The van der Waals surface area contributed by atoms with E-state index in [2.05, 4.69) is 20.4 Å². The summed E-state index contributed by atoms with van der Waals surface area (Å²) < 4.78 is 5.17. The molecular weight excluding hydrogens is 268 g/mol. The second-order valence-electron chi connectivity index (χ2n) is 4.15. The van der Waals surface area contributed by atoms with Crippen LogP contribution in [0.15, 0.2) is 42.6 Å². The van der Waals surface area contributed by atoms with E-state index in [1.54, 1.807) is 19.2 Å². The van der Waals surface area contributed by atoms with Crippen LogP contribution in [0.2, 0.25) is 0 Å². The van der Waals surface area contributed by atoms with Crippen molar-refractivity contribution < 1.29 is 4.74 Å². The Bertz CT molecular complexity index is 803. The van der Waals surface area contributed by atoms with Gasteiger partial charge in [-0.25, -0.2) is 4.98 Å². The molecule has 3 rings (SSSR count). The standard InChI is InChI=1S/C14H10N6O/c1-21-12-4-2-3-11(7-12)14-17-19-20(18-14)13-6-5-10(8-15)9-16-13/h2-7,9H,1H3. The number of ether oxygens (including phenoxy) is 1. The average molecular weight is 278 g/mol. The highest BCUT2D eigenvalue weighted by Crippen LogP contribution is 2.20. The van der Waals surface area contributed by atoms with Crippen molar-refractivity contribution in [2.45, 2.75) is 0 Å². The van der Waals surface area contributed by atoms with Gasteiger partial charge >= 0.3 is 0 Å². The second-order valence-corrected chi connectivity index (χ2v) is 4.15. The molecule has 0 saturated carbocycles. The van der Waals surface area contributed by atoms with Gasteiger partial charge in [-0.2, -0.15) is 5.26 Å². The number of tetrazole rings is 1. The smallest absolute Gasteiger partial charge is 0.205 e. The van der Waals surface area contributed by atoms with Gasteiger partial charge in [-0.3, -0.25) is 0 Å². The number of hydrogen-bond acceptors (Lipinski definition) is 6. The first-order valence-corrected chi connectivity index (χ1v) is 6.11. The monoisotopic (exact) mass is 278 g/mol. The quantitative estimate of drug-likeness (QED) is 0.723. The van der Waals surface area contributed by atoms with Crippen LogP contribution in [0.5, 0.6) is 5.75 Å². The van der Waals surface area contributed by atoms with E-state index in [4.69, 9.17) is 10.00 Å². The van der Waals surface area contributed by atoms with Crippen LogP contribution in [0.25, 0.3) is 17.2 Å². The van der Waals surface area contributed by atoms with Crippen LogP contribution >= 0.6 is 0 Å². The highest BCUT2D eigenvalue weighted by Gasteiger charge is 2.09. The van der Waals surface area contributed by atoms with Crippen molar-refractivity contribution in [3.63, 3.8) is 0 Å². The zero-order valence-electron chi connectivity index (χ0n) is 11.1. The van der Waals surface area contributed by atoms with Gasteiger partial charge in [-0.1, -0.05) is 12.1 Å². The largest absolute Gasteiger partial charge is 0.497 e. The minimum Gasteiger partial charge on any atom is -0.497 e. The van der Waals surface area contributed by atoms with E-state index in [-0.39, 0.29) is 0 Å². The van der Waals surface area contributed by atoms with Crippen LogP contribution in [0.1, 0.15) is 5.56 Å². The Morgan fingerprint density at radius 1 is 1.24 bits per heavy atom. The molecule has 0 fully saturated rings. The lowest BCUT2D eigenvalue weighted by Crippen LogP contribution is -2.01. The molecule has 0 aliphatic carbocycles. The van der Waals surface area contributed by atoms with E-state index in [9.17, 15) is 0 Å². The summed E-state index contributed by atoms with van der Waals surface area (Å²) in [5, 5.41) is 21.0. The number of nitrogens with zero attached hydrogens (tertiary/aromatic N) is 6. The topological polar surface area (TPSA) is 89.5 Å². The predicted molar refractivity (Wildman–Crippen MR) is 73.7 cm³/mol. The molecule has 102 valence electrons. The molecule has 0 bridgehead atoms. The van der Waals surface area contributed by atoms with Gasteiger partial charge in [0.2, 0.25) is 5.82 Å². The van der Waals surface area contributed by atoms with Crippen LogP contribution in [0, 0.1) is 11.3 Å². The first-order chi connectivity index (χ1) is 10.3. The van der Waals surface area contributed by atoms with Crippen LogP contribution in [0.3, 0.4) is 0 Å². The second kappa shape index (κ2) is 5.38. The van der Waals surface area contributed by atoms with E-state index in [1.807, 2.05) is 30.3 Å². The summed E-state index contributed by atoms with van der Waals surface area (Å²) in [7, 11) is 1.60. The van der Waals surface area contributed by atoms with E-state index < -0.39 is 0 Å². The lowest BCUT2D eigenvalue weighted by atomic mass is 10.2. The van der Waals surface area contributed by atoms with Gasteiger partial charge in [-0.15, -0.1) is 15.0 Å². The van der Waals surface area contributed by atoms with Crippen LogP contribution in [-0.4, -0.2) is 32.3 Å². The Hall–Kier alpha value is -3.27. The number of aromatic nitrogens is 5. The first-order valence-electron chi connectivity index (χ1n) is 6.11. The van der Waals surface area contributed by atoms with Crippen molar-refractivity contribution in [1.82, 2.24) is 25.2 Å². The van der Waals surface area contributed by atoms with E-state index in [1.165, 1.54) is 11.0 Å². The Labute approximate surface area is 120 Å². The van der Waals surface area contributed by atoms with Gasteiger partial charge in [0, 0.05) is 11.8 Å². The first kappa shape index (κ1) is 12.7. The van der Waals surface area contributed by atoms with E-state index >= 15 is 0 Å². The van der Waals surface area contributed by atoms with Crippen LogP contribution in [0.4, 0.5) is 0 Å². The number of pyridine rings is 1. The summed E-state index contributed by atoms with van der Waals surface area (Å²) in [6, 6.07) is 12.7. The third-order valence-corrected chi connectivity index (χ3v) is 2.82. The summed E-state index contributed by atoms with van der Waals surface area (Å²) in [6.07, 6.45) is 1.46. The molecule has 0 atom stereocenters. The minimum absolute atomic E-state index is 0.472. The predicted octanol–water partition coefficient (Wildman–Crippen LogP) is 1.60. The molecule has 2 aromatic heterocycles. The molecule has 3 aromatic rings. The lowest BCUT2D eigenvalue weighted by Gasteiger charge is -2.00. The Morgan fingerprint density at radius 3 is 2.86 bits per heavy atom. The highest BCUT2D eigenvalue weighted by atomic mass is 16.5. The van der Waals surface area contributed by atoms with Crippen molar-refractivity contribution in [1.29, 1.82) is 5.26 Å². The molecule has 2 heterocycles. The van der Waals surface area contributed by atoms with Gasteiger partial charge < -0.3 is 4.74 Å². The molecule has 0 aliphatic rings. The zero-order valence-corrected chi connectivity index (χ0v) is 11.1. The molecule has 0 saturated heterocycles. The van der Waals surface area contributed by atoms with Crippen molar-refractivity contribution >= 4 is 0 Å². The van der Waals surface area contributed by atoms with Crippen molar-refractivity contribution in [3.05, 3.63) is 48.2 Å². The Kier molecular flexibility index (Phi) is 3.27. The zero-order chi connectivity index (χ0) is 14.7. The van der Waals surface area contributed by atoms with Gasteiger partial charge in [-0.05, 0) is 29.5 Å². The van der Waals surface area contributed by atoms with Gasteiger partial charge in [0.05, 0.1) is 12.7 Å². The molecule has 0 aliphatic heterocycles. The van der Waals surface area contributed by atoms with Gasteiger partial charge in [0.1, 0.15) is 11.8 Å². The molecule has 0 spiro atoms. The molecule has 7 nitrogen and oxygen atoms in total. The maximum Gasteiger partial charge on any atom is 0.205 e. The fraction of sp³-hybridized carbons (Fsp3) is 0.0714. The fourth-order valence-electron chi connectivity index (χ4n) is 1.76. The van der Waals surface area contributed by atoms with Crippen molar-refractivity contribution in [3.8, 4) is 29.0 Å². The number of hydrogen-bond donors (Lipinski definition) is 0. The molecule has 21 heavy (non-hydrogen) atoms. The van der Waals surface area contributed by atoms with Gasteiger partial charge in [0.15, 0.2) is 5.82 Å². The molecule has 0 radical (unpaired) electrons. The average Bonchev–Trinajstić information content (AvgIpc) is 3.05. The molecule has 0 N–H and O–H groups in total. The van der Waals surface area contributed by atoms with E-state index in [0.29, 0.717) is 17.2 Å².